The van der Waals surface area contributed by atoms with Gasteiger partial charge in [0.15, 0.2) is 0 Å². The van der Waals surface area contributed by atoms with E-state index in [0.29, 0.717) is 0 Å². The van der Waals surface area contributed by atoms with Gasteiger partial charge < -0.3 is 0 Å². The third kappa shape index (κ3) is 8.17. The van der Waals surface area contributed by atoms with Crippen molar-refractivity contribution in [3.05, 3.63) is 97.6 Å². The van der Waals surface area contributed by atoms with Crippen molar-refractivity contribution in [3.63, 3.8) is 0 Å². The Balaban J connectivity index is 0.000000170. The molecule has 0 atom stereocenters. The van der Waals surface area contributed by atoms with Gasteiger partial charge in [0, 0.05) is 24.8 Å². The van der Waals surface area contributed by atoms with E-state index in [1.807, 2.05) is 72.8 Å². The van der Waals surface area contributed by atoms with Gasteiger partial charge in [-0.2, -0.15) is 0 Å². The quantitative estimate of drug-likeness (QED) is 0.266. The van der Waals surface area contributed by atoms with Gasteiger partial charge in [0.05, 0.1) is 22.8 Å². The summed E-state index contributed by atoms with van der Waals surface area (Å²) in [5.41, 5.74) is 3.66. The first-order valence-corrected chi connectivity index (χ1v) is 18.9. The molecule has 4 nitrogen and oxygen atoms in total. The average molecular weight is 662 g/mol. The number of halogens is 2. The zero-order valence-electron chi connectivity index (χ0n) is 14.1. The van der Waals surface area contributed by atoms with E-state index in [2.05, 4.69) is 47.1 Å². The summed E-state index contributed by atoms with van der Waals surface area (Å²) in [6.07, 6.45) is 7.07. The van der Waals surface area contributed by atoms with Crippen molar-refractivity contribution in [2.24, 2.45) is 0 Å². The zero-order chi connectivity index (χ0) is 19.2. The van der Waals surface area contributed by atoms with E-state index >= 15 is 0 Å². The van der Waals surface area contributed by atoms with Crippen molar-refractivity contribution >= 4 is 27.1 Å². The fourth-order valence-corrected chi connectivity index (χ4v) is 2.06. The van der Waals surface area contributed by atoms with E-state index in [1.54, 1.807) is 24.8 Å². The maximum atomic E-state index is 4.19. The molecule has 4 rings (SSSR count). The van der Waals surface area contributed by atoms with Crippen molar-refractivity contribution in [2.75, 3.05) is 0 Å². The number of pyridine rings is 4. The molecule has 0 amide bonds. The van der Waals surface area contributed by atoms with Gasteiger partial charge in [-0.1, -0.05) is 24.3 Å². The molecular formula is C20H16Br2N4Os. The Bertz CT molecular complexity index is 717. The fourth-order valence-electron chi connectivity index (χ4n) is 2.06. The van der Waals surface area contributed by atoms with Crippen LogP contribution in [0, 0.1) is 0 Å². The number of hydrogen-bond acceptors (Lipinski definition) is 4. The second kappa shape index (κ2) is 13.4. The van der Waals surface area contributed by atoms with Crippen LogP contribution in [0.25, 0.3) is 22.8 Å². The fraction of sp³-hybridized carbons (Fsp3) is 0. The van der Waals surface area contributed by atoms with Crippen LogP contribution in [0.2, 0.25) is 0 Å². The summed E-state index contributed by atoms with van der Waals surface area (Å²) >= 11 is 6.44. The minimum absolute atomic E-state index is 0.0417. The molecule has 0 bridgehead atoms. The standard InChI is InChI=1S/2C10H8N2.2BrH.Os/c2*1-3-7-11-9(5-1)10-6-2-4-8-12-10;;;/h2*1-8H;2*1H;/q;;;;+2/p-2. The van der Waals surface area contributed by atoms with E-state index in [9.17, 15) is 0 Å². The minimum Gasteiger partial charge on any atom is -0.255 e. The molecule has 0 radical (unpaired) electrons. The molecule has 0 unspecified atom stereocenters. The maximum absolute atomic E-state index is 4.19. The Kier molecular flexibility index (Phi) is 10.7. The van der Waals surface area contributed by atoms with Crippen LogP contribution in [0.1, 0.15) is 0 Å². The van der Waals surface area contributed by atoms with E-state index in [4.69, 9.17) is 0 Å². The molecule has 4 aromatic heterocycles. The summed E-state index contributed by atoms with van der Waals surface area (Å²) in [6, 6.07) is 23.2. The molecule has 27 heavy (non-hydrogen) atoms. The van der Waals surface area contributed by atoms with Gasteiger partial charge >= 0.3 is 40.6 Å². The summed E-state index contributed by atoms with van der Waals surface area (Å²) < 4.78 is 0. The summed E-state index contributed by atoms with van der Waals surface area (Å²) in [4.78, 5) is 16.7. The first-order valence-electron chi connectivity index (χ1n) is 7.85. The molecule has 0 saturated heterocycles. The second-order valence-corrected chi connectivity index (χ2v) is 16.0. The topological polar surface area (TPSA) is 51.6 Å². The molecule has 0 N–H and O–H groups in total. The summed E-state index contributed by atoms with van der Waals surface area (Å²) in [7, 11) is 0. The van der Waals surface area contributed by atoms with Crippen molar-refractivity contribution in [3.8, 4) is 22.8 Å². The van der Waals surface area contributed by atoms with Crippen molar-refractivity contribution in [1.29, 1.82) is 0 Å². The molecular weight excluding hydrogens is 646 g/mol. The van der Waals surface area contributed by atoms with Crippen LogP contribution >= 0.6 is 27.1 Å². The van der Waals surface area contributed by atoms with E-state index in [-0.39, 0.29) is 13.5 Å². The molecule has 7 heteroatoms. The first-order chi connectivity index (χ1) is 13.3. The smallest absolute Gasteiger partial charge is 0.0886 e. The molecule has 0 aromatic carbocycles. The minimum atomic E-state index is 0.0417. The molecule has 0 fully saturated rings. The number of aromatic nitrogens is 4. The van der Waals surface area contributed by atoms with Gasteiger partial charge in [-0.3, -0.25) is 19.9 Å². The van der Waals surface area contributed by atoms with Crippen LogP contribution in [0.15, 0.2) is 97.6 Å². The van der Waals surface area contributed by atoms with Crippen LogP contribution in [0.5, 0.6) is 0 Å². The normalized spacial score (nSPS) is 9.41. The first kappa shape index (κ1) is 21.5. The van der Waals surface area contributed by atoms with Crippen LogP contribution in [0.4, 0.5) is 0 Å². The summed E-state index contributed by atoms with van der Waals surface area (Å²) in [5, 5.41) is 0. The zero-order valence-corrected chi connectivity index (χ0v) is 19.8. The van der Waals surface area contributed by atoms with Gasteiger partial charge in [0.2, 0.25) is 0 Å². The van der Waals surface area contributed by atoms with Gasteiger partial charge in [-0.05, 0) is 48.5 Å². The second-order valence-electron chi connectivity index (χ2n) is 4.91. The largest absolute Gasteiger partial charge is 0.255 e. The molecule has 4 heterocycles. The molecule has 4 aromatic rings. The molecule has 0 saturated carbocycles. The summed E-state index contributed by atoms with van der Waals surface area (Å²) in [6.45, 7) is 0. The van der Waals surface area contributed by atoms with Gasteiger partial charge in [0.1, 0.15) is 0 Å². The predicted molar refractivity (Wildman–Crippen MR) is 113 cm³/mol. The van der Waals surface area contributed by atoms with Crippen molar-refractivity contribution in [1.82, 2.24) is 19.9 Å². The van der Waals surface area contributed by atoms with E-state index in [0.717, 1.165) is 22.8 Å². The monoisotopic (exact) mass is 662 g/mol. The number of hydrogen-bond donors (Lipinski definition) is 0. The molecule has 0 aliphatic rings. The third-order valence-corrected chi connectivity index (χ3v) is 3.18. The molecule has 138 valence electrons. The van der Waals surface area contributed by atoms with Crippen LogP contribution in [-0.2, 0) is 13.5 Å². The maximum Gasteiger partial charge on any atom is 0.0886 e. The Hall–Kier alpha value is -1.80. The SMILES string of the molecule is [Br][Os][Br].c1ccc(-c2ccccn2)nc1.c1ccc(-c2ccccn2)nc1. The molecule has 0 aliphatic carbocycles. The van der Waals surface area contributed by atoms with Crippen LogP contribution in [0.3, 0.4) is 0 Å². The van der Waals surface area contributed by atoms with Crippen molar-refractivity contribution in [2.45, 2.75) is 0 Å². The van der Waals surface area contributed by atoms with Gasteiger partial charge in [-0.25, -0.2) is 0 Å². The Labute approximate surface area is 180 Å². The molecule has 0 aliphatic heterocycles. The van der Waals surface area contributed by atoms with E-state index < -0.39 is 0 Å². The number of rotatable bonds is 2. The Morgan fingerprint density at radius 1 is 0.444 bits per heavy atom. The summed E-state index contributed by atoms with van der Waals surface area (Å²) in [5.74, 6) is 0. The van der Waals surface area contributed by atoms with Gasteiger partial charge in [-0.15, -0.1) is 0 Å². The molecule has 0 spiro atoms. The Morgan fingerprint density at radius 3 is 0.815 bits per heavy atom. The van der Waals surface area contributed by atoms with Crippen LogP contribution in [-0.4, -0.2) is 19.9 Å². The number of nitrogens with zero attached hydrogens (tertiary/aromatic N) is 4. The Morgan fingerprint density at radius 2 is 0.667 bits per heavy atom. The predicted octanol–water partition coefficient (Wildman–Crippen LogP) is 5.98. The third-order valence-electron chi connectivity index (χ3n) is 3.18. The van der Waals surface area contributed by atoms with Crippen molar-refractivity contribution < 1.29 is 13.5 Å². The van der Waals surface area contributed by atoms with E-state index in [1.165, 1.54) is 0 Å². The van der Waals surface area contributed by atoms with Crippen LogP contribution < -0.4 is 0 Å². The van der Waals surface area contributed by atoms with Gasteiger partial charge in [0.25, 0.3) is 0 Å². The average Bonchev–Trinajstić information content (AvgIpc) is 2.77.